The van der Waals surface area contributed by atoms with Crippen LogP contribution in [0.4, 0.5) is 0 Å². The van der Waals surface area contributed by atoms with Crippen molar-refractivity contribution in [2.24, 2.45) is 10.4 Å². The van der Waals surface area contributed by atoms with E-state index in [2.05, 4.69) is 25.8 Å². The minimum atomic E-state index is -0.0569. The van der Waals surface area contributed by atoms with Gasteiger partial charge in [-0.05, 0) is 37.1 Å². The summed E-state index contributed by atoms with van der Waals surface area (Å²) in [6.45, 7) is 2.54. The van der Waals surface area contributed by atoms with Gasteiger partial charge in [0.2, 0.25) is 11.7 Å². The van der Waals surface area contributed by atoms with Crippen LogP contribution in [0.2, 0.25) is 5.02 Å². The summed E-state index contributed by atoms with van der Waals surface area (Å²) in [4.78, 5) is 8.59. The topological polar surface area (TPSA) is 105 Å². The summed E-state index contributed by atoms with van der Waals surface area (Å²) in [7, 11) is 1.70. The van der Waals surface area contributed by atoms with Gasteiger partial charge < -0.3 is 25.0 Å². The number of aromatic nitrogens is 2. The summed E-state index contributed by atoms with van der Waals surface area (Å²) in [5.74, 6) is 1.60. The van der Waals surface area contributed by atoms with Crippen molar-refractivity contribution in [3.63, 3.8) is 0 Å². The zero-order valence-electron chi connectivity index (χ0n) is 15.2. The Labute approximate surface area is 163 Å². The third-order valence-corrected chi connectivity index (χ3v) is 4.91. The van der Waals surface area contributed by atoms with E-state index < -0.39 is 0 Å². The number of guanidine groups is 1. The Morgan fingerprint density at radius 2 is 2.15 bits per heavy atom. The highest BCUT2D eigenvalue weighted by atomic mass is 35.5. The molecule has 8 nitrogen and oxygen atoms in total. The molecule has 0 saturated carbocycles. The molecule has 1 aromatic carbocycles. The second-order valence-corrected chi connectivity index (χ2v) is 7.01. The predicted octanol–water partition coefficient (Wildman–Crippen LogP) is 1.84. The van der Waals surface area contributed by atoms with E-state index in [0.29, 0.717) is 48.8 Å². The molecule has 9 heteroatoms. The molecule has 2 heterocycles. The van der Waals surface area contributed by atoms with Crippen LogP contribution >= 0.6 is 11.6 Å². The standard InChI is InChI=1S/C18H24ClN5O3/c1-20-17(22-11-18(6-8-25)7-9-26-12-18)21-10-15-23-16(24-27-15)13-2-4-14(19)5-3-13/h2-5,25H,6-12H2,1H3,(H2,20,21,22). The van der Waals surface area contributed by atoms with Crippen LogP contribution in [-0.2, 0) is 11.3 Å². The molecule has 146 valence electrons. The van der Waals surface area contributed by atoms with Crippen molar-refractivity contribution < 1.29 is 14.4 Å². The van der Waals surface area contributed by atoms with E-state index in [9.17, 15) is 5.11 Å². The molecular formula is C18H24ClN5O3. The first kappa shape index (κ1) is 19.6. The number of rotatable bonds is 7. The largest absolute Gasteiger partial charge is 0.396 e. The highest BCUT2D eigenvalue weighted by Gasteiger charge is 2.34. The Hall–Kier alpha value is -2.16. The minimum Gasteiger partial charge on any atom is -0.396 e. The molecule has 0 spiro atoms. The number of halogens is 1. The normalized spacial score (nSPS) is 20.0. The van der Waals surface area contributed by atoms with Gasteiger partial charge in [0, 0.05) is 42.8 Å². The fourth-order valence-corrected chi connectivity index (χ4v) is 3.13. The molecule has 3 rings (SSSR count). The van der Waals surface area contributed by atoms with Gasteiger partial charge in [0.15, 0.2) is 5.96 Å². The molecule has 3 N–H and O–H groups in total. The van der Waals surface area contributed by atoms with Crippen LogP contribution in [-0.4, -0.2) is 54.6 Å². The van der Waals surface area contributed by atoms with Gasteiger partial charge in [-0.3, -0.25) is 4.99 Å². The molecule has 27 heavy (non-hydrogen) atoms. The van der Waals surface area contributed by atoms with Crippen molar-refractivity contribution in [1.29, 1.82) is 0 Å². The number of nitrogens with zero attached hydrogens (tertiary/aromatic N) is 3. The third-order valence-electron chi connectivity index (χ3n) is 4.66. The number of hydrogen-bond donors (Lipinski definition) is 3. The number of benzene rings is 1. The Balaban J connectivity index is 1.53. The molecule has 1 aliphatic rings. The summed E-state index contributed by atoms with van der Waals surface area (Å²) in [6.07, 6.45) is 1.62. The maximum Gasteiger partial charge on any atom is 0.246 e. The lowest BCUT2D eigenvalue weighted by molar-refractivity contribution is 0.127. The highest BCUT2D eigenvalue weighted by molar-refractivity contribution is 6.30. The smallest absolute Gasteiger partial charge is 0.246 e. The zero-order chi connectivity index (χ0) is 19.1. The molecule has 1 aliphatic heterocycles. The van der Waals surface area contributed by atoms with Crippen molar-refractivity contribution in [3.8, 4) is 11.4 Å². The lowest BCUT2D eigenvalue weighted by atomic mass is 9.84. The van der Waals surface area contributed by atoms with Crippen molar-refractivity contribution >= 4 is 17.6 Å². The molecule has 0 radical (unpaired) electrons. The molecule has 1 atom stereocenters. The summed E-state index contributed by atoms with van der Waals surface area (Å²) < 4.78 is 10.8. The molecule has 0 bridgehead atoms. The summed E-state index contributed by atoms with van der Waals surface area (Å²) >= 11 is 5.90. The van der Waals surface area contributed by atoms with Gasteiger partial charge in [-0.2, -0.15) is 4.98 Å². The Bertz CT molecular complexity index is 757. The van der Waals surface area contributed by atoms with Crippen molar-refractivity contribution in [3.05, 3.63) is 35.2 Å². The molecule has 1 saturated heterocycles. The van der Waals surface area contributed by atoms with Crippen molar-refractivity contribution in [1.82, 2.24) is 20.8 Å². The number of aliphatic imine (C=N–C) groups is 1. The van der Waals surface area contributed by atoms with Gasteiger partial charge in [-0.1, -0.05) is 16.8 Å². The van der Waals surface area contributed by atoms with Crippen LogP contribution in [0, 0.1) is 5.41 Å². The van der Waals surface area contributed by atoms with Gasteiger partial charge >= 0.3 is 0 Å². The first-order valence-corrected chi connectivity index (χ1v) is 9.24. The zero-order valence-corrected chi connectivity index (χ0v) is 16.0. The van der Waals surface area contributed by atoms with Crippen molar-refractivity contribution in [2.75, 3.05) is 33.4 Å². The summed E-state index contributed by atoms with van der Waals surface area (Å²) in [5, 5.41) is 20.4. The molecule has 0 aliphatic carbocycles. The first-order chi connectivity index (χ1) is 13.1. The van der Waals surface area contributed by atoms with Crippen LogP contribution in [0.15, 0.2) is 33.8 Å². The van der Waals surface area contributed by atoms with E-state index >= 15 is 0 Å². The van der Waals surface area contributed by atoms with E-state index in [1.54, 1.807) is 19.2 Å². The average Bonchev–Trinajstić information content (AvgIpc) is 3.33. The number of nitrogens with one attached hydrogen (secondary N) is 2. The summed E-state index contributed by atoms with van der Waals surface area (Å²) in [6, 6.07) is 7.25. The Morgan fingerprint density at radius 1 is 1.33 bits per heavy atom. The molecule has 1 unspecified atom stereocenters. The highest BCUT2D eigenvalue weighted by Crippen LogP contribution is 2.31. The van der Waals surface area contributed by atoms with Crippen LogP contribution < -0.4 is 10.6 Å². The van der Waals surface area contributed by atoms with Crippen LogP contribution in [0.25, 0.3) is 11.4 Å². The van der Waals surface area contributed by atoms with Crippen LogP contribution in [0.1, 0.15) is 18.7 Å². The second kappa shape index (κ2) is 9.16. The number of aliphatic hydroxyl groups excluding tert-OH is 1. The Morgan fingerprint density at radius 3 is 2.81 bits per heavy atom. The number of ether oxygens (including phenoxy) is 1. The third kappa shape index (κ3) is 5.18. The van der Waals surface area contributed by atoms with Gasteiger partial charge in [0.1, 0.15) is 0 Å². The molecule has 1 fully saturated rings. The van der Waals surface area contributed by atoms with E-state index in [1.165, 1.54) is 0 Å². The van der Waals surface area contributed by atoms with Gasteiger partial charge in [0.05, 0.1) is 13.2 Å². The maximum atomic E-state index is 9.31. The quantitative estimate of drug-likeness (QED) is 0.487. The minimum absolute atomic E-state index is 0.0569. The Kier molecular flexibility index (Phi) is 6.65. The monoisotopic (exact) mass is 393 g/mol. The van der Waals surface area contributed by atoms with Gasteiger partial charge in [0.25, 0.3) is 0 Å². The predicted molar refractivity (Wildman–Crippen MR) is 103 cm³/mol. The molecule has 0 amide bonds. The molecular weight excluding hydrogens is 370 g/mol. The summed E-state index contributed by atoms with van der Waals surface area (Å²) in [5.41, 5.74) is 0.780. The van der Waals surface area contributed by atoms with Crippen LogP contribution in [0.5, 0.6) is 0 Å². The van der Waals surface area contributed by atoms with E-state index in [0.717, 1.165) is 18.6 Å². The fraction of sp³-hybridized carbons (Fsp3) is 0.500. The van der Waals surface area contributed by atoms with E-state index in [4.69, 9.17) is 20.9 Å². The lowest BCUT2D eigenvalue weighted by Gasteiger charge is -2.27. The lowest BCUT2D eigenvalue weighted by Crippen LogP contribution is -2.44. The van der Waals surface area contributed by atoms with E-state index in [1.807, 2.05) is 12.1 Å². The van der Waals surface area contributed by atoms with E-state index in [-0.39, 0.29) is 12.0 Å². The van der Waals surface area contributed by atoms with Gasteiger partial charge in [-0.25, -0.2) is 0 Å². The molecule has 1 aromatic heterocycles. The second-order valence-electron chi connectivity index (χ2n) is 6.57. The maximum absolute atomic E-state index is 9.31. The van der Waals surface area contributed by atoms with Gasteiger partial charge in [-0.15, -0.1) is 0 Å². The fourth-order valence-electron chi connectivity index (χ4n) is 3.01. The number of aliphatic hydroxyl groups is 1. The van der Waals surface area contributed by atoms with Crippen LogP contribution in [0.3, 0.4) is 0 Å². The molecule has 2 aromatic rings. The number of hydrogen-bond acceptors (Lipinski definition) is 6. The van der Waals surface area contributed by atoms with Crippen molar-refractivity contribution in [2.45, 2.75) is 19.4 Å². The first-order valence-electron chi connectivity index (χ1n) is 8.86. The SMILES string of the molecule is CN=C(NCc1nc(-c2ccc(Cl)cc2)no1)NCC1(CCO)CCOC1. The average molecular weight is 394 g/mol.